The number of carbonyl (C=O) groups excluding carboxylic acids is 2. The largest absolute Gasteiger partial charge is 0.444 e. The maximum atomic E-state index is 12.5. The molecule has 0 aromatic heterocycles. The van der Waals surface area contributed by atoms with Crippen LogP contribution in [0.2, 0.25) is 0 Å². The maximum absolute atomic E-state index is 12.5. The SMILES string of the molecule is CC(C)(C)OC(=O)N1[C@@H]2CC[C@H]1CC(CN1CC(CN=[N+]=[N-])CC1=O)C2. The van der Waals surface area contributed by atoms with Crippen molar-refractivity contribution in [3.05, 3.63) is 10.4 Å². The summed E-state index contributed by atoms with van der Waals surface area (Å²) < 4.78 is 5.58. The third-order valence-electron chi connectivity index (χ3n) is 5.61. The van der Waals surface area contributed by atoms with Crippen molar-refractivity contribution < 1.29 is 14.3 Å². The molecule has 3 heterocycles. The average molecular weight is 363 g/mol. The molecule has 2 amide bonds. The number of likely N-dealkylation sites (tertiary alicyclic amines) is 1. The molecule has 2 bridgehead atoms. The smallest absolute Gasteiger partial charge is 0.410 e. The van der Waals surface area contributed by atoms with Crippen LogP contribution in [0, 0.1) is 11.8 Å². The Hall–Kier alpha value is -1.95. The third kappa shape index (κ3) is 4.23. The van der Waals surface area contributed by atoms with Crippen LogP contribution < -0.4 is 0 Å². The van der Waals surface area contributed by atoms with Crippen LogP contribution in [0.1, 0.15) is 52.9 Å². The Labute approximate surface area is 154 Å². The number of hydrogen-bond donors (Lipinski definition) is 0. The predicted octanol–water partition coefficient (Wildman–Crippen LogP) is 3.32. The zero-order valence-electron chi connectivity index (χ0n) is 15.9. The molecule has 0 aromatic rings. The summed E-state index contributed by atoms with van der Waals surface area (Å²) in [5.74, 6) is 0.718. The van der Waals surface area contributed by atoms with E-state index in [0.717, 1.165) is 32.2 Å². The molecule has 3 saturated heterocycles. The highest BCUT2D eigenvalue weighted by atomic mass is 16.6. The molecule has 0 saturated carbocycles. The van der Waals surface area contributed by atoms with Gasteiger partial charge in [0.1, 0.15) is 5.60 Å². The van der Waals surface area contributed by atoms with E-state index in [1.54, 1.807) is 0 Å². The van der Waals surface area contributed by atoms with Crippen LogP contribution in [0.3, 0.4) is 0 Å². The fraction of sp³-hybridized carbons (Fsp3) is 0.889. The molecule has 0 N–H and O–H groups in total. The fourth-order valence-corrected chi connectivity index (χ4v) is 4.67. The molecule has 0 aliphatic carbocycles. The average Bonchev–Trinajstić information content (AvgIpc) is 3.01. The number of amides is 2. The topological polar surface area (TPSA) is 98.6 Å². The van der Waals surface area contributed by atoms with Crippen molar-refractivity contribution in [2.24, 2.45) is 17.0 Å². The fourth-order valence-electron chi connectivity index (χ4n) is 4.67. The van der Waals surface area contributed by atoms with Gasteiger partial charge in [0.25, 0.3) is 0 Å². The van der Waals surface area contributed by atoms with Crippen LogP contribution in [-0.2, 0) is 9.53 Å². The molecule has 26 heavy (non-hydrogen) atoms. The molecular weight excluding hydrogens is 334 g/mol. The van der Waals surface area contributed by atoms with Crippen molar-refractivity contribution in [1.29, 1.82) is 0 Å². The van der Waals surface area contributed by atoms with Gasteiger partial charge in [0.15, 0.2) is 0 Å². The Morgan fingerprint density at radius 2 is 1.92 bits per heavy atom. The first kappa shape index (κ1) is 18.8. The Morgan fingerprint density at radius 1 is 1.27 bits per heavy atom. The van der Waals surface area contributed by atoms with E-state index in [0.29, 0.717) is 25.4 Å². The Morgan fingerprint density at radius 3 is 2.50 bits per heavy atom. The van der Waals surface area contributed by atoms with Gasteiger partial charge in [-0.15, -0.1) is 0 Å². The summed E-state index contributed by atoms with van der Waals surface area (Å²) in [4.78, 5) is 31.4. The second-order valence-corrected chi connectivity index (χ2v) is 8.89. The lowest BCUT2D eigenvalue weighted by Gasteiger charge is -2.40. The molecule has 3 fully saturated rings. The van der Waals surface area contributed by atoms with Gasteiger partial charge in [-0.25, -0.2) is 4.79 Å². The number of carbonyl (C=O) groups is 2. The van der Waals surface area contributed by atoms with Crippen LogP contribution in [0.25, 0.3) is 10.4 Å². The molecule has 8 nitrogen and oxygen atoms in total. The van der Waals surface area contributed by atoms with Gasteiger partial charge in [-0.1, -0.05) is 5.11 Å². The number of ether oxygens (including phenoxy) is 1. The highest BCUT2D eigenvalue weighted by molar-refractivity contribution is 5.78. The monoisotopic (exact) mass is 363 g/mol. The number of rotatable bonds is 4. The Kier molecular flexibility index (Phi) is 5.32. The first-order chi connectivity index (χ1) is 12.3. The highest BCUT2D eigenvalue weighted by Gasteiger charge is 2.45. The first-order valence-electron chi connectivity index (χ1n) is 9.56. The maximum Gasteiger partial charge on any atom is 0.410 e. The molecule has 3 rings (SSSR count). The molecule has 0 spiro atoms. The molecule has 4 atom stereocenters. The van der Waals surface area contributed by atoms with Gasteiger partial charge in [0.2, 0.25) is 5.91 Å². The predicted molar refractivity (Wildman–Crippen MR) is 96.3 cm³/mol. The van der Waals surface area contributed by atoms with Gasteiger partial charge in [0, 0.05) is 43.1 Å². The summed E-state index contributed by atoms with van der Waals surface area (Å²) in [6, 6.07) is 0.454. The molecule has 144 valence electrons. The number of nitrogens with zero attached hydrogens (tertiary/aromatic N) is 5. The minimum atomic E-state index is -0.476. The van der Waals surface area contributed by atoms with E-state index < -0.39 is 5.60 Å². The van der Waals surface area contributed by atoms with Crippen molar-refractivity contribution in [3.63, 3.8) is 0 Å². The highest BCUT2D eigenvalue weighted by Crippen LogP contribution is 2.40. The van der Waals surface area contributed by atoms with Gasteiger partial charge < -0.3 is 14.5 Å². The van der Waals surface area contributed by atoms with E-state index in [-0.39, 0.29) is 30.0 Å². The van der Waals surface area contributed by atoms with Crippen LogP contribution in [0.15, 0.2) is 5.11 Å². The van der Waals surface area contributed by atoms with Crippen molar-refractivity contribution in [3.8, 4) is 0 Å². The summed E-state index contributed by atoms with van der Waals surface area (Å²) >= 11 is 0. The molecule has 8 heteroatoms. The van der Waals surface area contributed by atoms with E-state index in [1.165, 1.54) is 0 Å². The minimum Gasteiger partial charge on any atom is -0.444 e. The van der Waals surface area contributed by atoms with Crippen LogP contribution in [0.5, 0.6) is 0 Å². The first-order valence-corrected chi connectivity index (χ1v) is 9.56. The summed E-state index contributed by atoms with van der Waals surface area (Å²) in [7, 11) is 0. The number of azide groups is 1. The van der Waals surface area contributed by atoms with E-state index in [2.05, 4.69) is 10.0 Å². The lowest BCUT2D eigenvalue weighted by Crippen LogP contribution is -2.50. The van der Waals surface area contributed by atoms with E-state index in [9.17, 15) is 9.59 Å². The Bertz CT molecular complexity index is 596. The quantitative estimate of drug-likeness (QED) is 0.435. The normalized spacial score (nSPS) is 31.1. The van der Waals surface area contributed by atoms with Gasteiger partial charge in [0.05, 0.1) is 0 Å². The molecule has 0 radical (unpaired) electrons. The second-order valence-electron chi connectivity index (χ2n) is 8.89. The van der Waals surface area contributed by atoms with Crippen LogP contribution >= 0.6 is 0 Å². The van der Waals surface area contributed by atoms with Gasteiger partial charge in [-0.05, 0) is 63.8 Å². The number of piperidine rings is 1. The Balaban J connectivity index is 1.55. The van der Waals surface area contributed by atoms with Crippen molar-refractivity contribution in [1.82, 2.24) is 9.80 Å². The lowest BCUT2D eigenvalue weighted by molar-refractivity contribution is -0.128. The van der Waals surface area contributed by atoms with Gasteiger partial charge >= 0.3 is 6.09 Å². The van der Waals surface area contributed by atoms with Gasteiger partial charge in [-0.3, -0.25) is 4.79 Å². The zero-order valence-corrected chi connectivity index (χ0v) is 15.9. The minimum absolute atomic E-state index is 0.136. The van der Waals surface area contributed by atoms with Crippen LogP contribution in [-0.4, -0.2) is 59.1 Å². The molecule has 3 aliphatic heterocycles. The van der Waals surface area contributed by atoms with E-state index in [4.69, 9.17) is 10.3 Å². The molecule has 3 aliphatic rings. The molecule has 2 unspecified atom stereocenters. The summed E-state index contributed by atoms with van der Waals surface area (Å²) in [6.45, 7) is 7.50. The number of hydrogen-bond acceptors (Lipinski definition) is 4. The summed E-state index contributed by atoms with van der Waals surface area (Å²) in [5.41, 5.74) is 7.97. The standard InChI is InChI=1S/C18H29N5O3/c1-18(2,3)26-17(25)23-14-4-5-15(23)7-12(6-14)10-22-11-13(8-16(22)24)9-20-21-19/h12-15H,4-11H2,1-3H3/t12?,13?,14-,15+. The van der Waals surface area contributed by atoms with Crippen LogP contribution in [0.4, 0.5) is 4.79 Å². The zero-order chi connectivity index (χ0) is 18.9. The van der Waals surface area contributed by atoms with Crippen molar-refractivity contribution >= 4 is 12.0 Å². The molecule has 0 aromatic carbocycles. The summed E-state index contributed by atoms with van der Waals surface area (Å²) in [5, 5.41) is 3.61. The second kappa shape index (κ2) is 7.35. The number of fused-ring (bicyclic) bond motifs is 2. The van der Waals surface area contributed by atoms with E-state index in [1.807, 2.05) is 30.6 Å². The summed E-state index contributed by atoms with van der Waals surface area (Å²) in [6.07, 6.45) is 4.18. The van der Waals surface area contributed by atoms with Crippen molar-refractivity contribution in [2.45, 2.75) is 70.6 Å². The molecular formula is C18H29N5O3. The van der Waals surface area contributed by atoms with Crippen molar-refractivity contribution in [2.75, 3.05) is 19.6 Å². The van der Waals surface area contributed by atoms with E-state index >= 15 is 0 Å². The third-order valence-corrected chi connectivity index (χ3v) is 5.61. The lowest BCUT2D eigenvalue weighted by atomic mass is 9.90. The van der Waals surface area contributed by atoms with Gasteiger partial charge in [-0.2, -0.15) is 0 Å².